The third-order valence-corrected chi connectivity index (χ3v) is 6.09. The summed E-state index contributed by atoms with van der Waals surface area (Å²) in [6.45, 7) is 0.417. The summed E-state index contributed by atoms with van der Waals surface area (Å²) < 4.78 is 25.8. The predicted octanol–water partition coefficient (Wildman–Crippen LogP) is 5.28. The van der Waals surface area contributed by atoms with E-state index in [1.54, 1.807) is 61.8 Å². The number of aromatic nitrogens is 3. The van der Waals surface area contributed by atoms with Crippen LogP contribution in [0.5, 0.6) is 17.2 Å². The molecule has 0 fully saturated rings. The van der Waals surface area contributed by atoms with Crippen molar-refractivity contribution < 1.29 is 18.7 Å². The molecular formula is C31H26FN5O4. The van der Waals surface area contributed by atoms with E-state index in [9.17, 15) is 14.0 Å². The van der Waals surface area contributed by atoms with Crippen LogP contribution in [-0.4, -0.2) is 34.3 Å². The van der Waals surface area contributed by atoms with Gasteiger partial charge in [0, 0.05) is 36.1 Å². The van der Waals surface area contributed by atoms with Gasteiger partial charge in [0.2, 0.25) is 0 Å². The highest BCUT2D eigenvalue weighted by Gasteiger charge is 2.16. The van der Waals surface area contributed by atoms with Crippen molar-refractivity contribution in [3.63, 3.8) is 0 Å². The molecule has 0 radical (unpaired) electrons. The third kappa shape index (κ3) is 6.74. The fourth-order valence-corrected chi connectivity index (χ4v) is 4.00. The maximum Gasteiger partial charge on any atom is 0.299 e. The van der Waals surface area contributed by atoms with Crippen LogP contribution in [0.1, 0.15) is 16.1 Å². The second-order valence-corrected chi connectivity index (χ2v) is 8.89. The molecule has 0 bridgehead atoms. The SMILES string of the molecule is COc1ccc(Oc2cnn(-c3ccc(F)cc3)c(=O)c2Nc2cccc(C(=O)NCCc3ccccn3)c2)cc1. The van der Waals surface area contributed by atoms with Crippen LogP contribution >= 0.6 is 0 Å². The van der Waals surface area contributed by atoms with Crippen LogP contribution in [-0.2, 0) is 6.42 Å². The Morgan fingerprint density at radius 1 is 0.951 bits per heavy atom. The molecule has 3 aromatic carbocycles. The molecule has 0 spiro atoms. The smallest absolute Gasteiger partial charge is 0.299 e. The van der Waals surface area contributed by atoms with Crippen molar-refractivity contribution in [1.82, 2.24) is 20.1 Å². The molecule has 2 N–H and O–H groups in total. The van der Waals surface area contributed by atoms with Crippen molar-refractivity contribution in [2.24, 2.45) is 0 Å². The van der Waals surface area contributed by atoms with Gasteiger partial charge < -0.3 is 20.1 Å². The maximum absolute atomic E-state index is 13.6. The molecule has 0 aliphatic carbocycles. The molecule has 0 saturated heterocycles. The number of nitrogens with zero attached hydrogens (tertiary/aromatic N) is 3. The molecule has 0 unspecified atom stereocenters. The van der Waals surface area contributed by atoms with Gasteiger partial charge in [-0.15, -0.1) is 0 Å². The second-order valence-electron chi connectivity index (χ2n) is 8.89. The Morgan fingerprint density at radius 3 is 2.46 bits per heavy atom. The van der Waals surface area contributed by atoms with E-state index in [1.165, 1.54) is 30.5 Å². The van der Waals surface area contributed by atoms with Gasteiger partial charge in [0.05, 0.1) is 19.0 Å². The largest absolute Gasteiger partial charge is 0.497 e. The average Bonchev–Trinajstić information content (AvgIpc) is 3.00. The standard InChI is InChI=1S/C31H26FN5O4/c1-40-26-12-14-27(15-13-26)41-28-20-35-37(25-10-8-22(32)9-11-25)31(39)29(28)36-24-7-4-5-21(19-24)30(38)34-18-16-23-6-2-3-17-33-23/h2-15,17,19-20,36H,16,18H2,1H3,(H,34,38). The molecule has 0 aliphatic rings. The zero-order valence-corrected chi connectivity index (χ0v) is 22.1. The van der Waals surface area contributed by atoms with Crippen LogP contribution in [0.15, 0.2) is 108 Å². The summed E-state index contributed by atoms with van der Waals surface area (Å²) in [7, 11) is 1.56. The van der Waals surface area contributed by atoms with Crippen molar-refractivity contribution in [3.8, 4) is 22.9 Å². The normalized spacial score (nSPS) is 10.6. The quantitative estimate of drug-likeness (QED) is 0.243. The molecule has 1 amide bonds. The van der Waals surface area contributed by atoms with Gasteiger partial charge in [-0.3, -0.25) is 14.6 Å². The number of benzene rings is 3. The first-order valence-electron chi connectivity index (χ1n) is 12.8. The van der Waals surface area contributed by atoms with Gasteiger partial charge in [0.1, 0.15) is 17.3 Å². The summed E-state index contributed by atoms with van der Waals surface area (Å²) in [6, 6.07) is 24.6. The minimum absolute atomic E-state index is 0.0767. The van der Waals surface area contributed by atoms with Crippen molar-refractivity contribution in [3.05, 3.63) is 131 Å². The Bertz CT molecular complexity index is 1690. The lowest BCUT2D eigenvalue weighted by atomic mass is 10.1. The number of hydrogen-bond acceptors (Lipinski definition) is 7. The summed E-state index contributed by atoms with van der Waals surface area (Å²) in [6.07, 6.45) is 3.70. The molecule has 2 aromatic heterocycles. The number of ether oxygens (including phenoxy) is 2. The molecule has 5 aromatic rings. The number of carbonyl (C=O) groups is 1. The van der Waals surface area contributed by atoms with Gasteiger partial charge in [-0.2, -0.15) is 9.78 Å². The number of halogens is 1. The molecule has 2 heterocycles. The molecule has 10 heteroatoms. The van der Waals surface area contributed by atoms with Gasteiger partial charge >= 0.3 is 0 Å². The number of methoxy groups -OCH3 is 1. The summed E-state index contributed by atoms with van der Waals surface area (Å²) in [5.74, 6) is 0.558. The summed E-state index contributed by atoms with van der Waals surface area (Å²) in [5, 5.41) is 10.2. The highest BCUT2D eigenvalue weighted by Crippen LogP contribution is 2.30. The lowest BCUT2D eigenvalue weighted by molar-refractivity contribution is 0.0954. The van der Waals surface area contributed by atoms with Crippen LogP contribution < -0.4 is 25.7 Å². The fourth-order valence-electron chi connectivity index (χ4n) is 4.00. The molecule has 0 aliphatic heterocycles. The van der Waals surface area contributed by atoms with E-state index in [0.717, 1.165) is 10.4 Å². The minimum Gasteiger partial charge on any atom is -0.497 e. The number of amides is 1. The van der Waals surface area contributed by atoms with Crippen molar-refractivity contribution in [2.45, 2.75) is 6.42 Å². The van der Waals surface area contributed by atoms with Gasteiger partial charge in [-0.05, 0) is 78.9 Å². The number of nitrogens with one attached hydrogen (secondary N) is 2. The Kier molecular flexibility index (Phi) is 8.30. The Balaban J connectivity index is 1.41. The van der Waals surface area contributed by atoms with E-state index in [4.69, 9.17) is 9.47 Å². The van der Waals surface area contributed by atoms with E-state index in [2.05, 4.69) is 20.7 Å². The topological polar surface area (TPSA) is 107 Å². The molecular weight excluding hydrogens is 525 g/mol. The molecule has 206 valence electrons. The van der Waals surface area contributed by atoms with Crippen LogP contribution in [0.2, 0.25) is 0 Å². The van der Waals surface area contributed by atoms with Crippen LogP contribution in [0.3, 0.4) is 0 Å². The highest BCUT2D eigenvalue weighted by molar-refractivity contribution is 5.95. The summed E-state index contributed by atoms with van der Waals surface area (Å²) in [5.41, 5.74) is 1.68. The minimum atomic E-state index is -0.534. The van der Waals surface area contributed by atoms with Crippen LogP contribution in [0.25, 0.3) is 5.69 Å². The number of anilines is 2. The average molecular weight is 552 g/mol. The zero-order chi connectivity index (χ0) is 28.6. The van der Waals surface area contributed by atoms with Gasteiger partial charge in [-0.1, -0.05) is 12.1 Å². The monoisotopic (exact) mass is 551 g/mol. The first-order chi connectivity index (χ1) is 20.0. The number of rotatable bonds is 10. The Labute approximate surface area is 235 Å². The highest BCUT2D eigenvalue weighted by atomic mass is 19.1. The van der Waals surface area contributed by atoms with E-state index < -0.39 is 11.4 Å². The van der Waals surface area contributed by atoms with Gasteiger partial charge in [-0.25, -0.2) is 4.39 Å². The molecule has 41 heavy (non-hydrogen) atoms. The molecule has 5 rings (SSSR count). The molecule has 0 saturated carbocycles. The fraction of sp³-hybridized carbons (Fsp3) is 0.0968. The Hall–Kier alpha value is -5.51. The van der Waals surface area contributed by atoms with Gasteiger partial charge in [0.15, 0.2) is 11.4 Å². The second kappa shape index (κ2) is 12.6. The van der Waals surface area contributed by atoms with Crippen molar-refractivity contribution in [1.29, 1.82) is 0 Å². The van der Waals surface area contributed by atoms with Crippen molar-refractivity contribution in [2.75, 3.05) is 19.0 Å². The zero-order valence-electron chi connectivity index (χ0n) is 22.1. The van der Waals surface area contributed by atoms with E-state index in [1.807, 2.05) is 18.2 Å². The van der Waals surface area contributed by atoms with E-state index >= 15 is 0 Å². The predicted molar refractivity (Wildman–Crippen MR) is 153 cm³/mol. The van der Waals surface area contributed by atoms with Gasteiger partial charge in [0.25, 0.3) is 11.5 Å². The number of hydrogen-bond donors (Lipinski definition) is 2. The molecule has 9 nitrogen and oxygen atoms in total. The van der Waals surface area contributed by atoms with E-state index in [-0.39, 0.29) is 17.3 Å². The lowest BCUT2D eigenvalue weighted by Gasteiger charge is -2.15. The van der Waals surface area contributed by atoms with Crippen LogP contribution in [0, 0.1) is 5.82 Å². The first-order valence-corrected chi connectivity index (χ1v) is 12.8. The van der Waals surface area contributed by atoms with E-state index in [0.29, 0.717) is 41.4 Å². The van der Waals surface area contributed by atoms with Crippen molar-refractivity contribution >= 4 is 17.3 Å². The first kappa shape index (κ1) is 27.1. The molecule has 0 atom stereocenters. The maximum atomic E-state index is 13.6. The lowest BCUT2D eigenvalue weighted by Crippen LogP contribution is -2.26. The summed E-state index contributed by atoms with van der Waals surface area (Å²) in [4.78, 5) is 30.7. The third-order valence-electron chi connectivity index (χ3n) is 6.09. The Morgan fingerprint density at radius 2 is 1.73 bits per heavy atom. The van der Waals surface area contributed by atoms with Crippen LogP contribution in [0.4, 0.5) is 15.8 Å². The summed E-state index contributed by atoms with van der Waals surface area (Å²) >= 11 is 0. The number of pyridine rings is 1. The number of carbonyl (C=O) groups excluding carboxylic acids is 1.